The van der Waals surface area contributed by atoms with Crippen LogP contribution < -0.4 is 5.32 Å². The molecule has 16 heavy (non-hydrogen) atoms. The molecule has 2 rings (SSSR count). The van der Waals surface area contributed by atoms with Crippen LogP contribution in [0.4, 0.5) is 5.82 Å². The molecule has 0 amide bonds. The fourth-order valence-corrected chi connectivity index (χ4v) is 2.79. The first-order chi connectivity index (χ1) is 7.70. The maximum Gasteiger partial charge on any atom is 0.126 e. The SMILES string of the molecule is CCC1CCC(Nc2ccc(Cl)cn2)C1C. The molecule has 1 N–H and O–H groups in total. The highest BCUT2D eigenvalue weighted by Gasteiger charge is 2.31. The highest BCUT2D eigenvalue weighted by atomic mass is 35.5. The van der Waals surface area contributed by atoms with Crippen LogP contribution in [0.15, 0.2) is 18.3 Å². The zero-order chi connectivity index (χ0) is 11.5. The first-order valence-electron chi connectivity index (χ1n) is 6.08. The second-order valence-corrected chi connectivity index (χ2v) is 5.15. The number of anilines is 1. The molecule has 3 heteroatoms. The van der Waals surface area contributed by atoms with Crippen LogP contribution in [-0.4, -0.2) is 11.0 Å². The van der Waals surface area contributed by atoms with Gasteiger partial charge in [-0.2, -0.15) is 0 Å². The number of pyridine rings is 1. The largest absolute Gasteiger partial charge is 0.367 e. The second-order valence-electron chi connectivity index (χ2n) is 4.72. The van der Waals surface area contributed by atoms with Crippen LogP contribution in [0, 0.1) is 11.8 Å². The van der Waals surface area contributed by atoms with E-state index < -0.39 is 0 Å². The third-order valence-corrected chi connectivity index (χ3v) is 4.04. The quantitative estimate of drug-likeness (QED) is 0.862. The molecule has 3 unspecified atom stereocenters. The van der Waals surface area contributed by atoms with Crippen LogP contribution in [0.25, 0.3) is 0 Å². The Bertz CT molecular complexity index is 336. The molecule has 1 fully saturated rings. The Labute approximate surface area is 102 Å². The number of hydrogen-bond donors (Lipinski definition) is 1. The van der Waals surface area contributed by atoms with Gasteiger partial charge in [0.25, 0.3) is 0 Å². The summed E-state index contributed by atoms with van der Waals surface area (Å²) in [4.78, 5) is 4.28. The van der Waals surface area contributed by atoms with E-state index in [2.05, 4.69) is 24.1 Å². The average molecular weight is 239 g/mol. The molecule has 1 heterocycles. The smallest absolute Gasteiger partial charge is 0.126 e. The van der Waals surface area contributed by atoms with Gasteiger partial charge >= 0.3 is 0 Å². The molecule has 1 aliphatic rings. The maximum atomic E-state index is 5.81. The fourth-order valence-electron chi connectivity index (χ4n) is 2.68. The van der Waals surface area contributed by atoms with Gasteiger partial charge in [0.1, 0.15) is 5.82 Å². The first-order valence-corrected chi connectivity index (χ1v) is 6.46. The second kappa shape index (κ2) is 5.05. The van der Waals surface area contributed by atoms with Gasteiger partial charge in [-0.05, 0) is 36.8 Å². The molecule has 1 saturated carbocycles. The molecule has 0 saturated heterocycles. The summed E-state index contributed by atoms with van der Waals surface area (Å²) in [5.74, 6) is 2.55. The summed E-state index contributed by atoms with van der Waals surface area (Å²) < 4.78 is 0. The summed E-state index contributed by atoms with van der Waals surface area (Å²) >= 11 is 5.81. The van der Waals surface area contributed by atoms with Gasteiger partial charge in [-0.1, -0.05) is 31.9 Å². The number of rotatable bonds is 3. The third-order valence-electron chi connectivity index (χ3n) is 3.81. The summed E-state index contributed by atoms with van der Waals surface area (Å²) in [7, 11) is 0. The minimum atomic E-state index is 0.568. The molecule has 2 nitrogen and oxygen atoms in total. The molecule has 3 atom stereocenters. The lowest BCUT2D eigenvalue weighted by atomic mass is 9.93. The Kier molecular flexibility index (Phi) is 3.70. The number of nitrogens with one attached hydrogen (secondary N) is 1. The van der Waals surface area contributed by atoms with Crippen molar-refractivity contribution in [1.82, 2.24) is 4.98 Å². The molecule has 1 aromatic heterocycles. The average Bonchev–Trinajstić information content (AvgIpc) is 2.63. The van der Waals surface area contributed by atoms with E-state index in [1.165, 1.54) is 19.3 Å². The molecule has 0 aromatic carbocycles. The zero-order valence-corrected chi connectivity index (χ0v) is 10.7. The highest BCUT2D eigenvalue weighted by Crippen LogP contribution is 2.35. The Morgan fingerprint density at radius 2 is 2.25 bits per heavy atom. The highest BCUT2D eigenvalue weighted by molar-refractivity contribution is 6.30. The van der Waals surface area contributed by atoms with Crippen molar-refractivity contribution in [3.63, 3.8) is 0 Å². The standard InChI is InChI=1S/C13H19ClN2/c1-3-10-4-6-12(9(10)2)16-13-7-5-11(14)8-15-13/h5,7-10,12H,3-4,6H2,1-2H3,(H,15,16). The Hall–Kier alpha value is -0.760. The lowest BCUT2D eigenvalue weighted by Crippen LogP contribution is -2.25. The molecule has 88 valence electrons. The van der Waals surface area contributed by atoms with Crippen molar-refractivity contribution in [2.75, 3.05) is 5.32 Å². The minimum Gasteiger partial charge on any atom is -0.367 e. The van der Waals surface area contributed by atoms with E-state index in [1.807, 2.05) is 12.1 Å². The molecular formula is C13H19ClN2. The van der Waals surface area contributed by atoms with E-state index >= 15 is 0 Å². The van der Waals surface area contributed by atoms with Gasteiger partial charge in [-0.15, -0.1) is 0 Å². The lowest BCUT2D eigenvalue weighted by Gasteiger charge is -2.21. The van der Waals surface area contributed by atoms with Crippen LogP contribution in [0.5, 0.6) is 0 Å². The van der Waals surface area contributed by atoms with Crippen LogP contribution in [0.1, 0.15) is 33.1 Å². The van der Waals surface area contributed by atoms with Gasteiger partial charge in [0.15, 0.2) is 0 Å². The number of aromatic nitrogens is 1. The van der Waals surface area contributed by atoms with Crippen molar-refractivity contribution in [2.24, 2.45) is 11.8 Å². The van der Waals surface area contributed by atoms with E-state index in [0.717, 1.165) is 17.7 Å². The Morgan fingerprint density at radius 1 is 1.44 bits per heavy atom. The van der Waals surface area contributed by atoms with E-state index in [0.29, 0.717) is 11.1 Å². The van der Waals surface area contributed by atoms with Crippen molar-refractivity contribution < 1.29 is 0 Å². The van der Waals surface area contributed by atoms with Crippen LogP contribution >= 0.6 is 11.6 Å². The minimum absolute atomic E-state index is 0.568. The van der Waals surface area contributed by atoms with Gasteiger partial charge in [0.05, 0.1) is 5.02 Å². The van der Waals surface area contributed by atoms with E-state index in [4.69, 9.17) is 11.6 Å². The fraction of sp³-hybridized carbons (Fsp3) is 0.615. The first kappa shape index (κ1) is 11.7. The molecule has 1 aliphatic carbocycles. The van der Waals surface area contributed by atoms with Crippen LogP contribution in [0.2, 0.25) is 5.02 Å². The predicted molar refractivity (Wildman–Crippen MR) is 68.8 cm³/mol. The van der Waals surface area contributed by atoms with E-state index in [1.54, 1.807) is 6.20 Å². The summed E-state index contributed by atoms with van der Waals surface area (Å²) in [6.07, 6.45) is 5.57. The zero-order valence-electron chi connectivity index (χ0n) is 9.91. The maximum absolute atomic E-state index is 5.81. The number of hydrogen-bond acceptors (Lipinski definition) is 2. The van der Waals surface area contributed by atoms with Crippen molar-refractivity contribution in [3.8, 4) is 0 Å². The van der Waals surface area contributed by atoms with Crippen molar-refractivity contribution in [1.29, 1.82) is 0 Å². The van der Waals surface area contributed by atoms with Gasteiger partial charge < -0.3 is 5.32 Å². The molecule has 0 radical (unpaired) electrons. The summed E-state index contributed by atoms with van der Waals surface area (Å²) in [5, 5.41) is 4.20. The summed E-state index contributed by atoms with van der Waals surface area (Å²) in [6, 6.07) is 4.40. The van der Waals surface area contributed by atoms with Gasteiger partial charge in [0.2, 0.25) is 0 Å². The lowest BCUT2D eigenvalue weighted by molar-refractivity contribution is 0.391. The van der Waals surface area contributed by atoms with Gasteiger partial charge in [-0.3, -0.25) is 0 Å². The molecule has 0 spiro atoms. The molecule has 0 bridgehead atoms. The predicted octanol–water partition coefficient (Wildman–Crippen LogP) is 3.97. The summed E-state index contributed by atoms with van der Waals surface area (Å²) in [6.45, 7) is 4.62. The third kappa shape index (κ3) is 2.49. The molecule has 1 aromatic rings. The van der Waals surface area contributed by atoms with Crippen molar-refractivity contribution in [2.45, 2.75) is 39.2 Å². The molecular weight excluding hydrogens is 220 g/mol. The topological polar surface area (TPSA) is 24.9 Å². The Morgan fingerprint density at radius 3 is 2.81 bits per heavy atom. The number of nitrogens with zero attached hydrogens (tertiary/aromatic N) is 1. The molecule has 0 aliphatic heterocycles. The van der Waals surface area contributed by atoms with E-state index in [9.17, 15) is 0 Å². The summed E-state index contributed by atoms with van der Waals surface area (Å²) in [5.41, 5.74) is 0. The van der Waals surface area contributed by atoms with Gasteiger partial charge in [-0.25, -0.2) is 4.98 Å². The van der Waals surface area contributed by atoms with E-state index in [-0.39, 0.29) is 0 Å². The number of halogens is 1. The monoisotopic (exact) mass is 238 g/mol. The Balaban J connectivity index is 1.98. The van der Waals surface area contributed by atoms with Crippen LogP contribution in [0.3, 0.4) is 0 Å². The van der Waals surface area contributed by atoms with Crippen molar-refractivity contribution in [3.05, 3.63) is 23.4 Å². The van der Waals surface area contributed by atoms with Gasteiger partial charge in [0, 0.05) is 12.2 Å². The van der Waals surface area contributed by atoms with Crippen LogP contribution in [-0.2, 0) is 0 Å². The normalized spacial score (nSPS) is 29.3. The van der Waals surface area contributed by atoms with Crippen molar-refractivity contribution >= 4 is 17.4 Å².